The molecule has 1 heteroatoms. The first kappa shape index (κ1) is 12.8. The molecule has 0 aliphatic rings. The Labute approximate surface area is 103 Å². The molecule has 0 saturated heterocycles. The SMILES string of the molecule is CC(C)(C)c1cccc([AsH2])c1C(C)(C)C. The van der Waals surface area contributed by atoms with Crippen LogP contribution in [0.5, 0.6) is 0 Å². The first-order chi connectivity index (χ1) is 6.64. The standard InChI is InChI=1S/C14H23As/c1-13(2,3)10-8-7-9-11(15)12(10)14(4,5)6/h7-9H,15H2,1-6H3. The van der Waals surface area contributed by atoms with Crippen molar-refractivity contribution >= 4 is 21.2 Å². The molecule has 1 aromatic carbocycles. The van der Waals surface area contributed by atoms with E-state index in [2.05, 4.69) is 59.7 Å². The van der Waals surface area contributed by atoms with Crippen LogP contribution in [0, 0.1) is 0 Å². The fourth-order valence-electron chi connectivity index (χ4n) is 2.03. The molecule has 0 heterocycles. The summed E-state index contributed by atoms with van der Waals surface area (Å²) in [5, 5.41) is 0. The van der Waals surface area contributed by atoms with Crippen LogP contribution in [0.3, 0.4) is 0 Å². The van der Waals surface area contributed by atoms with Gasteiger partial charge in [-0.15, -0.1) is 0 Å². The van der Waals surface area contributed by atoms with Gasteiger partial charge in [0, 0.05) is 0 Å². The van der Waals surface area contributed by atoms with E-state index in [4.69, 9.17) is 0 Å². The van der Waals surface area contributed by atoms with E-state index >= 15 is 0 Å². The molecular formula is C14H23As. The van der Waals surface area contributed by atoms with Crippen molar-refractivity contribution < 1.29 is 0 Å². The molecule has 1 atom stereocenters. The first-order valence-electron chi connectivity index (χ1n) is 5.53. The molecule has 0 aliphatic carbocycles. The van der Waals surface area contributed by atoms with E-state index in [-0.39, 0.29) is 10.8 Å². The summed E-state index contributed by atoms with van der Waals surface area (Å²) in [7, 11) is 0. The maximum absolute atomic E-state index is 2.31. The average Bonchev–Trinajstić information content (AvgIpc) is 1.99. The summed E-state index contributed by atoms with van der Waals surface area (Å²) in [5.41, 5.74) is 3.52. The Morgan fingerprint density at radius 3 is 1.73 bits per heavy atom. The molecule has 0 amide bonds. The minimum atomic E-state index is 0.241. The molecule has 0 aliphatic heterocycles. The van der Waals surface area contributed by atoms with Crippen molar-refractivity contribution in [1.82, 2.24) is 0 Å². The summed E-state index contributed by atoms with van der Waals surface area (Å²) in [6, 6.07) is 6.71. The summed E-state index contributed by atoms with van der Waals surface area (Å²) in [6.45, 7) is 13.8. The van der Waals surface area contributed by atoms with Crippen molar-refractivity contribution in [3.63, 3.8) is 0 Å². The van der Waals surface area contributed by atoms with Crippen molar-refractivity contribution in [3.05, 3.63) is 29.3 Å². The normalized spacial score (nSPS) is 13.0. The van der Waals surface area contributed by atoms with Gasteiger partial charge in [0.15, 0.2) is 0 Å². The number of hydrogen-bond donors (Lipinski definition) is 0. The summed E-state index contributed by atoms with van der Waals surface area (Å²) in [4.78, 5) is 0. The second kappa shape index (κ2) is 3.98. The van der Waals surface area contributed by atoms with Crippen LogP contribution in [0.2, 0.25) is 0 Å². The van der Waals surface area contributed by atoms with Gasteiger partial charge in [-0.3, -0.25) is 0 Å². The van der Waals surface area contributed by atoms with Crippen LogP contribution >= 0.6 is 0 Å². The van der Waals surface area contributed by atoms with Crippen molar-refractivity contribution in [1.29, 1.82) is 0 Å². The Kier molecular flexibility index (Phi) is 3.41. The molecule has 0 aromatic heterocycles. The van der Waals surface area contributed by atoms with Crippen LogP contribution < -0.4 is 4.35 Å². The van der Waals surface area contributed by atoms with Crippen molar-refractivity contribution in [2.45, 2.75) is 52.4 Å². The van der Waals surface area contributed by atoms with Gasteiger partial charge in [-0.05, 0) is 0 Å². The molecule has 0 radical (unpaired) electrons. The van der Waals surface area contributed by atoms with E-state index in [1.165, 1.54) is 15.5 Å². The van der Waals surface area contributed by atoms with Crippen molar-refractivity contribution in [2.24, 2.45) is 0 Å². The summed E-state index contributed by atoms with van der Waals surface area (Å²) >= 11 is 1.73. The van der Waals surface area contributed by atoms with Gasteiger partial charge in [0.05, 0.1) is 0 Å². The van der Waals surface area contributed by atoms with Crippen LogP contribution in [-0.2, 0) is 10.8 Å². The van der Waals surface area contributed by atoms with Crippen molar-refractivity contribution in [2.75, 3.05) is 0 Å². The Bertz CT molecular complexity index is 351. The molecule has 0 fully saturated rings. The second-order valence-corrected chi connectivity index (χ2v) is 7.57. The Balaban J connectivity index is 3.48. The van der Waals surface area contributed by atoms with Gasteiger partial charge in [-0.1, -0.05) is 0 Å². The first-order valence-corrected chi connectivity index (χ1v) is 6.74. The average molecular weight is 266 g/mol. The van der Waals surface area contributed by atoms with Crippen LogP contribution in [0.25, 0.3) is 0 Å². The molecule has 0 nitrogen and oxygen atoms in total. The Hall–Kier alpha value is -0.222. The monoisotopic (exact) mass is 266 g/mol. The predicted octanol–water partition coefficient (Wildman–Crippen LogP) is 2.54. The number of benzene rings is 1. The van der Waals surface area contributed by atoms with Crippen LogP contribution in [0.4, 0.5) is 0 Å². The van der Waals surface area contributed by atoms with Gasteiger partial charge in [0.2, 0.25) is 0 Å². The molecule has 1 unspecified atom stereocenters. The number of rotatable bonds is 0. The molecule has 1 rings (SSSR count). The Morgan fingerprint density at radius 2 is 1.40 bits per heavy atom. The molecule has 0 N–H and O–H groups in total. The third-order valence-corrected chi connectivity index (χ3v) is 3.66. The predicted molar refractivity (Wildman–Crippen MR) is 72.0 cm³/mol. The number of hydrogen-bond acceptors (Lipinski definition) is 0. The molecule has 0 saturated carbocycles. The molecule has 15 heavy (non-hydrogen) atoms. The van der Waals surface area contributed by atoms with E-state index in [0.717, 1.165) is 0 Å². The third-order valence-electron chi connectivity index (χ3n) is 2.65. The minimum absolute atomic E-state index is 0.241. The molecular weight excluding hydrogens is 243 g/mol. The third kappa shape index (κ3) is 2.88. The summed E-state index contributed by atoms with van der Waals surface area (Å²) in [5.74, 6) is 0. The van der Waals surface area contributed by atoms with Gasteiger partial charge >= 0.3 is 103 Å². The van der Waals surface area contributed by atoms with Crippen LogP contribution in [-0.4, -0.2) is 16.9 Å². The summed E-state index contributed by atoms with van der Waals surface area (Å²) < 4.78 is 1.47. The fourth-order valence-corrected chi connectivity index (χ4v) is 3.50. The van der Waals surface area contributed by atoms with Crippen molar-refractivity contribution in [3.8, 4) is 0 Å². The van der Waals surface area contributed by atoms with E-state index in [1.54, 1.807) is 16.9 Å². The Morgan fingerprint density at radius 1 is 0.867 bits per heavy atom. The topological polar surface area (TPSA) is 0 Å². The molecule has 0 bridgehead atoms. The van der Waals surface area contributed by atoms with E-state index in [9.17, 15) is 0 Å². The fraction of sp³-hybridized carbons (Fsp3) is 0.571. The maximum atomic E-state index is 2.31. The molecule has 0 spiro atoms. The van der Waals surface area contributed by atoms with Gasteiger partial charge in [-0.2, -0.15) is 0 Å². The quantitative estimate of drug-likeness (QED) is 0.633. The van der Waals surface area contributed by atoms with Gasteiger partial charge in [0.25, 0.3) is 0 Å². The van der Waals surface area contributed by atoms with Crippen LogP contribution in [0.1, 0.15) is 52.7 Å². The zero-order chi connectivity index (χ0) is 11.9. The van der Waals surface area contributed by atoms with E-state index in [0.29, 0.717) is 0 Å². The zero-order valence-electron chi connectivity index (χ0n) is 10.8. The van der Waals surface area contributed by atoms with Gasteiger partial charge < -0.3 is 0 Å². The summed E-state index contributed by atoms with van der Waals surface area (Å²) in [6.07, 6.45) is 0. The van der Waals surface area contributed by atoms with Gasteiger partial charge in [0.1, 0.15) is 0 Å². The van der Waals surface area contributed by atoms with Crippen LogP contribution in [0.15, 0.2) is 18.2 Å². The van der Waals surface area contributed by atoms with Gasteiger partial charge in [-0.25, -0.2) is 0 Å². The van der Waals surface area contributed by atoms with E-state index in [1.807, 2.05) is 0 Å². The zero-order valence-corrected chi connectivity index (χ0v) is 13.2. The second-order valence-electron chi connectivity index (χ2n) is 6.27. The van der Waals surface area contributed by atoms with E-state index < -0.39 is 0 Å². The molecule has 1 aromatic rings. The molecule has 84 valence electrons.